The van der Waals surface area contributed by atoms with Gasteiger partial charge in [0.1, 0.15) is 12.4 Å². The molecule has 3 nitrogen and oxygen atoms in total. The monoisotopic (exact) mass is 325 g/mol. The van der Waals surface area contributed by atoms with Crippen LogP contribution in [0, 0.1) is 18.3 Å². The molecule has 0 spiro atoms. The molecule has 0 saturated carbocycles. The Morgan fingerprint density at radius 2 is 2.21 bits per heavy atom. The molecule has 104 valence electrons. The molecule has 0 aliphatic heterocycles. The molecule has 0 aromatic heterocycles. The zero-order valence-electron chi connectivity index (χ0n) is 11.3. The Balaban J connectivity index is 2.60. The first-order valence-corrected chi connectivity index (χ1v) is 7.07. The van der Waals surface area contributed by atoms with E-state index in [2.05, 4.69) is 27.2 Å². The fourth-order valence-electron chi connectivity index (χ4n) is 1.54. The van der Waals surface area contributed by atoms with Gasteiger partial charge >= 0.3 is 0 Å². The number of aliphatic hydroxyl groups is 1. The Morgan fingerprint density at radius 3 is 2.84 bits per heavy atom. The second-order valence-electron chi connectivity index (χ2n) is 4.69. The summed E-state index contributed by atoms with van der Waals surface area (Å²) in [6.07, 6.45) is 4.85. The van der Waals surface area contributed by atoms with Crippen LogP contribution in [0.2, 0.25) is 0 Å². The molecule has 0 heterocycles. The van der Waals surface area contributed by atoms with E-state index in [0.29, 0.717) is 13.1 Å². The molecule has 0 radical (unpaired) electrons. The van der Waals surface area contributed by atoms with Crippen LogP contribution >= 0.6 is 15.9 Å². The largest absolute Gasteiger partial charge is 0.481 e. The molecule has 0 aliphatic carbocycles. The Kier molecular flexibility index (Phi) is 6.93. The van der Waals surface area contributed by atoms with Crippen LogP contribution in [0.5, 0.6) is 5.75 Å². The van der Waals surface area contributed by atoms with Gasteiger partial charge in [0.2, 0.25) is 0 Å². The van der Waals surface area contributed by atoms with Crippen LogP contribution in [-0.4, -0.2) is 24.4 Å². The fourth-order valence-corrected chi connectivity index (χ4v) is 1.95. The number of hydrogen-bond acceptors (Lipinski definition) is 3. The zero-order chi connectivity index (χ0) is 14.3. The molecule has 19 heavy (non-hydrogen) atoms. The maximum absolute atomic E-state index is 9.74. The number of ether oxygens (including phenoxy) is 1. The Morgan fingerprint density at radius 1 is 1.47 bits per heavy atom. The highest BCUT2D eigenvalue weighted by Crippen LogP contribution is 2.23. The van der Waals surface area contributed by atoms with Crippen molar-refractivity contribution in [2.24, 2.45) is 5.92 Å². The third kappa shape index (κ3) is 5.65. The van der Waals surface area contributed by atoms with Gasteiger partial charge in [0.05, 0.1) is 6.10 Å². The summed E-state index contributed by atoms with van der Waals surface area (Å²) in [6.45, 7) is 5.42. The molecule has 4 heteroatoms. The first-order valence-electron chi connectivity index (χ1n) is 6.28. The lowest BCUT2D eigenvalue weighted by Gasteiger charge is -2.16. The highest BCUT2D eigenvalue weighted by atomic mass is 79.9. The lowest BCUT2D eigenvalue weighted by atomic mass is 10.1. The Hall–Kier alpha value is -1.02. The second-order valence-corrected chi connectivity index (χ2v) is 5.60. The summed E-state index contributed by atoms with van der Waals surface area (Å²) >= 11 is 3.44. The molecular weight excluding hydrogens is 306 g/mol. The van der Waals surface area contributed by atoms with Crippen LogP contribution in [0.4, 0.5) is 0 Å². The molecular formula is C15H20BrNO2. The van der Waals surface area contributed by atoms with E-state index >= 15 is 0 Å². The highest BCUT2D eigenvalue weighted by Gasteiger charge is 2.09. The van der Waals surface area contributed by atoms with Gasteiger partial charge in [-0.25, -0.2) is 0 Å². The highest BCUT2D eigenvalue weighted by molar-refractivity contribution is 9.10. The van der Waals surface area contributed by atoms with E-state index in [1.165, 1.54) is 0 Å². The Bertz CT molecular complexity index is 440. The number of rotatable bonds is 7. The van der Waals surface area contributed by atoms with E-state index in [4.69, 9.17) is 11.2 Å². The molecule has 1 aromatic rings. The molecule has 0 fully saturated rings. The average molecular weight is 326 g/mol. The fraction of sp³-hybridized carbons (Fsp3) is 0.467. The van der Waals surface area contributed by atoms with Crippen molar-refractivity contribution in [1.82, 2.24) is 5.32 Å². The van der Waals surface area contributed by atoms with E-state index in [1.54, 1.807) is 0 Å². The first-order chi connectivity index (χ1) is 9.04. The zero-order valence-corrected chi connectivity index (χ0v) is 12.9. The smallest absolute Gasteiger partial charge is 0.148 e. The molecule has 1 atom stereocenters. The maximum Gasteiger partial charge on any atom is 0.148 e. The summed E-state index contributed by atoms with van der Waals surface area (Å²) in [5, 5.41) is 13.0. The van der Waals surface area contributed by atoms with Crippen molar-refractivity contribution >= 4 is 15.9 Å². The van der Waals surface area contributed by atoms with Crippen molar-refractivity contribution in [2.75, 3.05) is 13.2 Å². The van der Waals surface area contributed by atoms with Gasteiger partial charge in [-0.1, -0.05) is 35.7 Å². The third-order valence-electron chi connectivity index (χ3n) is 2.77. The van der Waals surface area contributed by atoms with E-state index in [9.17, 15) is 5.11 Å². The van der Waals surface area contributed by atoms with E-state index in [0.717, 1.165) is 15.8 Å². The third-order valence-corrected chi connectivity index (χ3v) is 3.27. The summed E-state index contributed by atoms with van der Waals surface area (Å²) in [7, 11) is 0. The molecule has 0 amide bonds. The van der Waals surface area contributed by atoms with Gasteiger partial charge in [-0.3, -0.25) is 0 Å². The van der Waals surface area contributed by atoms with Gasteiger partial charge in [-0.15, -0.1) is 6.42 Å². The van der Waals surface area contributed by atoms with Crippen molar-refractivity contribution in [1.29, 1.82) is 0 Å². The average Bonchev–Trinajstić information content (AvgIpc) is 2.37. The molecule has 2 N–H and O–H groups in total. The predicted octanol–water partition coefficient (Wildman–Crippen LogP) is 2.57. The van der Waals surface area contributed by atoms with E-state index in [1.807, 2.05) is 32.0 Å². The minimum absolute atomic E-state index is 0.243. The quantitative estimate of drug-likeness (QED) is 0.757. The van der Waals surface area contributed by atoms with Gasteiger partial charge < -0.3 is 15.2 Å². The SMILES string of the molecule is C#CCOc1ccc(Br)cc1CNCC(O)C(C)C. The van der Waals surface area contributed by atoms with Crippen molar-refractivity contribution in [3.8, 4) is 18.1 Å². The number of hydrogen-bond donors (Lipinski definition) is 2. The van der Waals surface area contributed by atoms with Crippen molar-refractivity contribution < 1.29 is 9.84 Å². The van der Waals surface area contributed by atoms with Crippen LogP contribution in [0.1, 0.15) is 19.4 Å². The van der Waals surface area contributed by atoms with Gasteiger partial charge in [0.25, 0.3) is 0 Å². The summed E-state index contributed by atoms with van der Waals surface area (Å²) in [5.74, 6) is 3.47. The number of aliphatic hydroxyl groups excluding tert-OH is 1. The van der Waals surface area contributed by atoms with Crippen LogP contribution in [0.25, 0.3) is 0 Å². The maximum atomic E-state index is 9.74. The second kappa shape index (κ2) is 8.21. The summed E-state index contributed by atoms with van der Waals surface area (Å²) < 4.78 is 6.47. The van der Waals surface area contributed by atoms with Gasteiger partial charge in [0.15, 0.2) is 0 Å². The molecule has 1 aromatic carbocycles. The lowest BCUT2D eigenvalue weighted by molar-refractivity contribution is 0.123. The number of terminal acetylenes is 1. The molecule has 1 rings (SSSR count). The molecule has 0 aliphatic rings. The van der Waals surface area contributed by atoms with Crippen LogP contribution < -0.4 is 10.1 Å². The van der Waals surface area contributed by atoms with Crippen molar-refractivity contribution in [3.05, 3.63) is 28.2 Å². The summed E-state index contributed by atoms with van der Waals surface area (Å²) in [4.78, 5) is 0. The summed E-state index contributed by atoms with van der Waals surface area (Å²) in [5.41, 5.74) is 1.01. The van der Waals surface area contributed by atoms with Crippen molar-refractivity contribution in [2.45, 2.75) is 26.5 Å². The number of halogens is 1. The first kappa shape index (κ1) is 16.0. The van der Waals surface area contributed by atoms with Gasteiger partial charge in [0, 0.05) is 23.1 Å². The van der Waals surface area contributed by atoms with Gasteiger partial charge in [-0.2, -0.15) is 0 Å². The lowest BCUT2D eigenvalue weighted by Crippen LogP contribution is -2.30. The van der Waals surface area contributed by atoms with Crippen molar-refractivity contribution in [3.63, 3.8) is 0 Å². The minimum Gasteiger partial charge on any atom is -0.481 e. The minimum atomic E-state index is -0.345. The van der Waals surface area contributed by atoms with Crippen LogP contribution in [0.15, 0.2) is 22.7 Å². The Labute approximate surface area is 123 Å². The normalized spacial score (nSPS) is 12.2. The standard InChI is InChI=1S/C15H20BrNO2/c1-4-7-19-15-6-5-13(16)8-12(15)9-17-10-14(18)11(2)3/h1,5-6,8,11,14,17-18H,7,9-10H2,2-3H3. The molecule has 0 bridgehead atoms. The van der Waals surface area contributed by atoms with Crippen LogP contribution in [-0.2, 0) is 6.54 Å². The number of benzene rings is 1. The molecule has 0 saturated heterocycles. The predicted molar refractivity (Wildman–Crippen MR) is 81.0 cm³/mol. The summed E-state index contributed by atoms with van der Waals surface area (Å²) in [6, 6.07) is 5.79. The van der Waals surface area contributed by atoms with Crippen LogP contribution in [0.3, 0.4) is 0 Å². The topological polar surface area (TPSA) is 41.5 Å². The van der Waals surface area contributed by atoms with E-state index < -0.39 is 0 Å². The van der Waals surface area contributed by atoms with E-state index in [-0.39, 0.29) is 18.6 Å². The molecule has 1 unspecified atom stereocenters. The number of nitrogens with one attached hydrogen (secondary N) is 1. The van der Waals surface area contributed by atoms with Gasteiger partial charge in [-0.05, 0) is 24.1 Å².